The Morgan fingerprint density at radius 2 is 2.22 bits per heavy atom. The summed E-state index contributed by atoms with van der Waals surface area (Å²) in [5, 5.41) is 0. The number of nitrogens with zero attached hydrogens (tertiary/aromatic N) is 2. The first-order chi connectivity index (χ1) is 8.47. The summed E-state index contributed by atoms with van der Waals surface area (Å²) >= 11 is 2.24. The molecule has 0 unspecified atom stereocenters. The smallest absolute Gasteiger partial charge is 0.250 e. The number of halogens is 1. The number of amides is 1. The molecule has 0 atom stereocenters. The van der Waals surface area contributed by atoms with Crippen LogP contribution in [0.5, 0.6) is 0 Å². The Morgan fingerprint density at radius 1 is 1.50 bits per heavy atom. The molecular weight excluding hydrogens is 275 g/mol. The summed E-state index contributed by atoms with van der Waals surface area (Å²) in [5.74, 6) is -0.591. The highest BCUT2D eigenvalue weighted by molar-refractivity contribution is 8.01. The van der Waals surface area contributed by atoms with Gasteiger partial charge in [0.1, 0.15) is 11.6 Å². The van der Waals surface area contributed by atoms with E-state index in [1.807, 2.05) is 0 Å². The van der Waals surface area contributed by atoms with Crippen LogP contribution in [0.1, 0.15) is 16.2 Å². The second kappa shape index (κ2) is 4.91. The van der Waals surface area contributed by atoms with Crippen molar-refractivity contribution in [3.8, 4) is 0 Å². The van der Waals surface area contributed by atoms with E-state index < -0.39 is 11.7 Å². The van der Waals surface area contributed by atoms with E-state index in [4.69, 9.17) is 11.5 Å². The number of nitrogens with two attached hydrogens (primary N) is 2. The summed E-state index contributed by atoms with van der Waals surface area (Å²) < 4.78 is 18.3. The van der Waals surface area contributed by atoms with Gasteiger partial charge in [-0.25, -0.2) is 9.37 Å². The molecule has 8 heteroatoms. The first kappa shape index (κ1) is 12.8. The monoisotopic (exact) mass is 284 g/mol. The maximum atomic E-state index is 13.7. The third-order valence-corrected chi connectivity index (χ3v) is 3.95. The van der Waals surface area contributed by atoms with Gasteiger partial charge in [0.25, 0.3) is 5.91 Å². The molecule has 0 fully saturated rings. The van der Waals surface area contributed by atoms with Gasteiger partial charge in [-0.2, -0.15) is 4.37 Å². The molecule has 0 saturated carbocycles. The lowest BCUT2D eigenvalue weighted by atomic mass is 10.1. The van der Waals surface area contributed by atoms with E-state index in [9.17, 15) is 9.18 Å². The maximum absolute atomic E-state index is 13.7. The van der Waals surface area contributed by atoms with E-state index in [1.54, 1.807) is 6.92 Å². The van der Waals surface area contributed by atoms with Crippen molar-refractivity contribution in [1.29, 1.82) is 0 Å². The number of benzene rings is 1. The fraction of sp³-hybridized carbons (Fsp3) is 0.100. The van der Waals surface area contributed by atoms with Crippen LogP contribution in [0.3, 0.4) is 0 Å². The van der Waals surface area contributed by atoms with Crippen LogP contribution in [0, 0.1) is 12.7 Å². The molecular formula is C10H9FN4OS2. The van der Waals surface area contributed by atoms with Gasteiger partial charge in [0.2, 0.25) is 0 Å². The molecule has 1 aromatic heterocycles. The number of nitrogen functional groups attached to an aromatic ring is 1. The molecule has 0 aliphatic carbocycles. The van der Waals surface area contributed by atoms with Gasteiger partial charge in [-0.15, -0.1) is 0 Å². The fourth-order valence-electron chi connectivity index (χ4n) is 1.27. The number of hydrogen-bond acceptors (Lipinski definition) is 6. The second-order valence-electron chi connectivity index (χ2n) is 3.44. The molecule has 2 rings (SSSR count). The van der Waals surface area contributed by atoms with Crippen molar-refractivity contribution in [3.63, 3.8) is 0 Å². The normalized spacial score (nSPS) is 10.6. The number of hydrogen-bond donors (Lipinski definition) is 2. The van der Waals surface area contributed by atoms with Crippen LogP contribution in [-0.2, 0) is 0 Å². The standard InChI is InChI=1S/C10H9FN4OS2/c1-4-14-10(18-15-4)17-8-2-5(9(13)16)7(12)3-6(8)11/h2-3H,12H2,1H3,(H2,13,16). The molecule has 94 valence electrons. The largest absolute Gasteiger partial charge is 0.398 e. The topological polar surface area (TPSA) is 94.9 Å². The van der Waals surface area contributed by atoms with E-state index in [2.05, 4.69) is 9.36 Å². The van der Waals surface area contributed by atoms with E-state index in [0.717, 1.165) is 29.4 Å². The molecule has 0 spiro atoms. The molecule has 5 nitrogen and oxygen atoms in total. The van der Waals surface area contributed by atoms with Crippen molar-refractivity contribution in [3.05, 3.63) is 29.3 Å². The molecule has 4 N–H and O–H groups in total. The fourth-order valence-corrected chi connectivity index (χ4v) is 2.93. The minimum Gasteiger partial charge on any atom is -0.398 e. The second-order valence-corrected chi connectivity index (χ2v) is 5.48. The van der Waals surface area contributed by atoms with Crippen LogP contribution >= 0.6 is 23.3 Å². The van der Waals surface area contributed by atoms with Gasteiger partial charge in [0.05, 0.1) is 10.5 Å². The first-order valence-electron chi connectivity index (χ1n) is 4.84. The SMILES string of the molecule is Cc1nsc(Sc2cc(C(N)=O)c(N)cc2F)n1. The lowest BCUT2D eigenvalue weighted by molar-refractivity contribution is 0.100. The van der Waals surface area contributed by atoms with Crippen LogP contribution in [0.2, 0.25) is 0 Å². The number of primary amides is 1. The highest BCUT2D eigenvalue weighted by Crippen LogP contribution is 2.33. The van der Waals surface area contributed by atoms with E-state index in [1.165, 1.54) is 6.07 Å². The summed E-state index contributed by atoms with van der Waals surface area (Å²) in [6.07, 6.45) is 0. The third kappa shape index (κ3) is 2.59. The zero-order chi connectivity index (χ0) is 13.3. The van der Waals surface area contributed by atoms with Gasteiger partial charge in [-0.1, -0.05) is 11.8 Å². The number of anilines is 1. The minimum absolute atomic E-state index is 0.0257. The molecule has 18 heavy (non-hydrogen) atoms. The van der Waals surface area contributed by atoms with Gasteiger partial charge in [0, 0.05) is 5.69 Å². The van der Waals surface area contributed by atoms with E-state index >= 15 is 0 Å². The zero-order valence-electron chi connectivity index (χ0n) is 9.31. The Balaban J connectivity index is 2.38. The van der Waals surface area contributed by atoms with Crippen molar-refractivity contribution in [1.82, 2.24) is 9.36 Å². The maximum Gasteiger partial charge on any atom is 0.250 e. The summed E-state index contributed by atoms with van der Waals surface area (Å²) in [4.78, 5) is 15.5. The van der Waals surface area contributed by atoms with Crippen molar-refractivity contribution in [2.45, 2.75) is 16.2 Å². The molecule has 0 aliphatic heterocycles. The quantitative estimate of drug-likeness (QED) is 0.838. The molecule has 0 radical (unpaired) electrons. The van der Waals surface area contributed by atoms with Gasteiger partial charge in [-0.3, -0.25) is 4.79 Å². The highest BCUT2D eigenvalue weighted by atomic mass is 32.2. The summed E-state index contributed by atoms with van der Waals surface area (Å²) in [5.41, 5.74) is 10.8. The van der Waals surface area contributed by atoms with Crippen LogP contribution < -0.4 is 11.5 Å². The Kier molecular flexibility index (Phi) is 3.48. The summed E-state index contributed by atoms with van der Waals surface area (Å²) in [6.45, 7) is 1.74. The predicted molar refractivity (Wildman–Crippen MR) is 68.1 cm³/mol. The average Bonchev–Trinajstić information content (AvgIpc) is 2.67. The number of carbonyl (C=O) groups is 1. The first-order valence-corrected chi connectivity index (χ1v) is 6.43. The number of rotatable bonds is 3. The van der Waals surface area contributed by atoms with Gasteiger partial charge in [-0.05, 0) is 30.6 Å². The van der Waals surface area contributed by atoms with Crippen molar-refractivity contribution >= 4 is 34.9 Å². The van der Waals surface area contributed by atoms with E-state index in [-0.39, 0.29) is 16.1 Å². The number of aromatic nitrogens is 2. The van der Waals surface area contributed by atoms with Gasteiger partial charge >= 0.3 is 0 Å². The van der Waals surface area contributed by atoms with Gasteiger partial charge in [0.15, 0.2) is 4.34 Å². The Hall–Kier alpha value is -1.67. The highest BCUT2D eigenvalue weighted by Gasteiger charge is 2.14. The Bertz CT molecular complexity index is 614. The van der Waals surface area contributed by atoms with Crippen molar-refractivity contribution in [2.75, 3.05) is 5.73 Å². The molecule has 1 amide bonds. The third-order valence-electron chi connectivity index (χ3n) is 2.08. The average molecular weight is 284 g/mol. The summed E-state index contributed by atoms with van der Waals surface area (Å²) in [6, 6.07) is 2.41. The van der Waals surface area contributed by atoms with Gasteiger partial charge < -0.3 is 11.5 Å². The molecule has 0 saturated heterocycles. The lowest BCUT2D eigenvalue weighted by Gasteiger charge is -2.05. The minimum atomic E-state index is -0.692. The molecule has 0 aliphatic rings. The molecule has 1 aromatic carbocycles. The molecule has 0 bridgehead atoms. The van der Waals surface area contributed by atoms with Crippen LogP contribution in [0.4, 0.5) is 10.1 Å². The van der Waals surface area contributed by atoms with Crippen LogP contribution in [0.15, 0.2) is 21.4 Å². The zero-order valence-corrected chi connectivity index (χ0v) is 10.9. The number of aryl methyl sites for hydroxylation is 1. The molecule has 2 aromatic rings. The summed E-state index contributed by atoms with van der Waals surface area (Å²) in [7, 11) is 0. The van der Waals surface area contributed by atoms with Crippen molar-refractivity contribution in [2.24, 2.45) is 5.73 Å². The lowest BCUT2D eigenvalue weighted by Crippen LogP contribution is -2.14. The van der Waals surface area contributed by atoms with Crippen LogP contribution in [-0.4, -0.2) is 15.3 Å². The van der Waals surface area contributed by atoms with Crippen LogP contribution in [0.25, 0.3) is 0 Å². The predicted octanol–water partition coefficient (Wildman–Crippen LogP) is 1.82. The number of carbonyl (C=O) groups excluding carboxylic acids is 1. The molecule has 1 heterocycles. The van der Waals surface area contributed by atoms with Crippen molar-refractivity contribution < 1.29 is 9.18 Å². The Labute approximate surface area is 111 Å². The van der Waals surface area contributed by atoms with E-state index in [0.29, 0.717) is 10.2 Å². The Morgan fingerprint density at radius 3 is 2.78 bits per heavy atom.